The fourth-order valence-corrected chi connectivity index (χ4v) is 1.67. The molecule has 1 aromatic carbocycles. The Morgan fingerprint density at radius 1 is 1.41 bits per heavy atom. The van der Waals surface area contributed by atoms with Crippen molar-refractivity contribution in [3.05, 3.63) is 35.6 Å². The van der Waals surface area contributed by atoms with Gasteiger partial charge in [-0.2, -0.15) is 8.78 Å². The second-order valence-corrected chi connectivity index (χ2v) is 3.83. The van der Waals surface area contributed by atoms with E-state index in [0.29, 0.717) is 11.1 Å². The average molecular weight is 240 g/mol. The lowest BCUT2D eigenvalue weighted by molar-refractivity contribution is -0.164. The summed E-state index contributed by atoms with van der Waals surface area (Å²) in [6.07, 6.45) is -0.928. The highest BCUT2D eigenvalue weighted by atomic mass is 19.3. The third-order valence-corrected chi connectivity index (χ3v) is 2.64. The summed E-state index contributed by atoms with van der Waals surface area (Å²) in [4.78, 5) is 10.4. The van der Waals surface area contributed by atoms with Gasteiger partial charge in [0.2, 0.25) is 0 Å². The lowest BCUT2D eigenvalue weighted by Crippen LogP contribution is -2.30. The third kappa shape index (κ3) is 2.00. The molecule has 1 heterocycles. The van der Waals surface area contributed by atoms with E-state index in [1.165, 1.54) is 0 Å². The van der Waals surface area contributed by atoms with Crippen molar-refractivity contribution >= 4 is 16.9 Å². The molecule has 0 bridgehead atoms. The maximum atomic E-state index is 13.1. The summed E-state index contributed by atoms with van der Waals surface area (Å²) in [5.74, 6) is -5.94. The number of hydrogen-bond donors (Lipinski definition) is 1. The molecule has 0 aliphatic rings. The largest absolute Gasteiger partial charge is 0.477 e. The molecule has 17 heavy (non-hydrogen) atoms. The standard InChI is InChI=1S/C12H10F2O3/c1-7-8-4-2-3-5-9(8)17-10(7)6-12(13,14)11(15)16/h2-5H,6H2,1H3,(H,15,16). The third-order valence-electron chi connectivity index (χ3n) is 2.64. The predicted molar refractivity (Wildman–Crippen MR) is 57.2 cm³/mol. The van der Waals surface area contributed by atoms with E-state index in [9.17, 15) is 13.6 Å². The highest BCUT2D eigenvalue weighted by Gasteiger charge is 2.40. The van der Waals surface area contributed by atoms with Gasteiger partial charge in [-0.05, 0) is 18.6 Å². The quantitative estimate of drug-likeness (QED) is 0.897. The van der Waals surface area contributed by atoms with Crippen molar-refractivity contribution < 1.29 is 23.1 Å². The van der Waals surface area contributed by atoms with E-state index < -0.39 is 18.3 Å². The number of carboxylic acids is 1. The first-order valence-electron chi connectivity index (χ1n) is 5.00. The summed E-state index contributed by atoms with van der Waals surface area (Å²) in [5.41, 5.74) is 1.04. The van der Waals surface area contributed by atoms with Gasteiger partial charge in [-0.15, -0.1) is 0 Å². The van der Waals surface area contributed by atoms with Crippen LogP contribution in [0.2, 0.25) is 0 Å². The minimum atomic E-state index is -3.81. The zero-order valence-electron chi connectivity index (χ0n) is 9.04. The van der Waals surface area contributed by atoms with Crippen molar-refractivity contribution in [2.75, 3.05) is 0 Å². The van der Waals surface area contributed by atoms with Crippen LogP contribution in [-0.2, 0) is 11.2 Å². The van der Waals surface area contributed by atoms with Gasteiger partial charge < -0.3 is 9.52 Å². The summed E-state index contributed by atoms with van der Waals surface area (Å²) < 4.78 is 31.4. The molecule has 0 aliphatic heterocycles. The molecule has 0 saturated heterocycles. The van der Waals surface area contributed by atoms with Gasteiger partial charge in [0.15, 0.2) is 0 Å². The minimum Gasteiger partial charge on any atom is -0.477 e. The Morgan fingerprint density at radius 2 is 2.06 bits per heavy atom. The van der Waals surface area contributed by atoms with E-state index >= 15 is 0 Å². The molecule has 0 radical (unpaired) electrons. The number of halogens is 2. The Balaban J connectivity index is 2.43. The summed E-state index contributed by atoms with van der Waals surface area (Å²) >= 11 is 0. The zero-order valence-corrected chi connectivity index (χ0v) is 9.04. The smallest absolute Gasteiger partial charge is 0.375 e. The van der Waals surface area contributed by atoms with Gasteiger partial charge in [0, 0.05) is 5.39 Å². The van der Waals surface area contributed by atoms with Gasteiger partial charge in [-0.3, -0.25) is 0 Å². The maximum absolute atomic E-state index is 13.1. The van der Waals surface area contributed by atoms with Crippen molar-refractivity contribution in [2.24, 2.45) is 0 Å². The molecule has 2 aromatic rings. The molecule has 0 amide bonds. The average Bonchev–Trinajstić information content (AvgIpc) is 2.56. The molecule has 3 nitrogen and oxygen atoms in total. The van der Waals surface area contributed by atoms with E-state index in [2.05, 4.69) is 0 Å². The van der Waals surface area contributed by atoms with E-state index in [1.807, 2.05) is 0 Å². The number of alkyl halides is 2. The molecule has 0 saturated carbocycles. The van der Waals surface area contributed by atoms with Crippen molar-refractivity contribution in [2.45, 2.75) is 19.3 Å². The Morgan fingerprint density at radius 3 is 2.65 bits per heavy atom. The molecule has 1 aromatic heterocycles. The van der Waals surface area contributed by atoms with Crippen molar-refractivity contribution in [1.29, 1.82) is 0 Å². The Kier molecular flexibility index (Phi) is 2.61. The number of carboxylic acid groups (broad SMARTS) is 1. The molecule has 5 heteroatoms. The number of carbonyl (C=O) groups is 1. The highest BCUT2D eigenvalue weighted by molar-refractivity contribution is 5.82. The van der Waals surface area contributed by atoms with E-state index in [-0.39, 0.29) is 5.76 Å². The van der Waals surface area contributed by atoms with Crippen LogP contribution < -0.4 is 0 Å². The predicted octanol–water partition coefficient (Wildman–Crippen LogP) is 3.00. The molecule has 0 unspecified atom stereocenters. The number of furan rings is 1. The van der Waals surface area contributed by atoms with Gasteiger partial charge in [0.1, 0.15) is 11.3 Å². The molecule has 90 valence electrons. The Hall–Kier alpha value is -1.91. The van der Waals surface area contributed by atoms with Crippen molar-refractivity contribution in [3.63, 3.8) is 0 Å². The lowest BCUT2D eigenvalue weighted by atomic mass is 10.1. The Labute approximate surface area is 95.7 Å². The van der Waals surface area contributed by atoms with Crippen LogP contribution >= 0.6 is 0 Å². The zero-order chi connectivity index (χ0) is 12.6. The molecule has 2 rings (SSSR count). The number of fused-ring (bicyclic) bond motifs is 1. The lowest BCUT2D eigenvalue weighted by Gasteiger charge is -2.09. The number of rotatable bonds is 3. The van der Waals surface area contributed by atoms with Gasteiger partial charge in [0.25, 0.3) is 0 Å². The number of hydrogen-bond acceptors (Lipinski definition) is 2. The number of aliphatic carboxylic acids is 1. The first kappa shape index (κ1) is 11.6. The molecule has 0 atom stereocenters. The number of aryl methyl sites for hydroxylation is 1. The molecular formula is C12H10F2O3. The van der Waals surface area contributed by atoms with Gasteiger partial charge in [-0.1, -0.05) is 18.2 Å². The van der Waals surface area contributed by atoms with Crippen LogP contribution in [0.15, 0.2) is 28.7 Å². The van der Waals surface area contributed by atoms with Gasteiger partial charge >= 0.3 is 11.9 Å². The first-order chi connectivity index (χ1) is 7.92. The van der Waals surface area contributed by atoms with Crippen LogP contribution in [0.4, 0.5) is 8.78 Å². The fraction of sp³-hybridized carbons (Fsp3) is 0.250. The number of para-hydroxylation sites is 1. The molecule has 0 spiro atoms. The topological polar surface area (TPSA) is 50.4 Å². The SMILES string of the molecule is Cc1c(CC(F)(F)C(=O)O)oc2ccccc12. The molecule has 0 fully saturated rings. The van der Waals surface area contributed by atoms with Crippen LogP contribution in [0.1, 0.15) is 11.3 Å². The second kappa shape index (κ2) is 3.84. The Bertz CT molecular complexity index is 572. The number of benzene rings is 1. The van der Waals surface area contributed by atoms with E-state index in [1.54, 1.807) is 31.2 Å². The normalized spacial score (nSPS) is 11.9. The van der Waals surface area contributed by atoms with Gasteiger partial charge in [0.05, 0.1) is 6.42 Å². The van der Waals surface area contributed by atoms with Crippen molar-refractivity contribution in [1.82, 2.24) is 0 Å². The highest BCUT2D eigenvalue weighted by Crippen LogP contribution is 2.29. The van der Waals surface area contributed by atoms with Crippen LogP contribution in [-0.4, -0.2) is 17.0 Å². The van der Waals surface area contributed by atoms with Crippen LogP contribution in [0.3, 0.4) is 0 Å². The molecule has 0 aliphatic carbocycles. The monoisotopic (exact) mass is 240 g/mol. The molecule has 1 N–H and O–H groups in total. The summed E-state index contributed by atoms with van der Waals surface area (Å²) in [6.45, 7) is 1.64. The van der Waals surface area contributed by atoms with Crippen LogP contribution in [0.5, 0.6) is 0 Å². The summed E-state index contributed by atoms with van der Waals surface area (Å²) in [5, 5.41) is 9.10. The van der Waals surface area contributed by atoms with Crippen molar-refractivity contribution in [3.8, 4) is 0 Å². The summed E-state index contributed by atoms with van der Waals surface area (Å²) in [7, 11) is 0. The van der Waals surface area contributed by atoms with E-state index in [0.717, 1.165) is 5.39 Å². The maximum Gasteiger partial charge on any atom is 0.375 e. The van der Waals surface area contributed by atoms with E-state index in [4.69, 9.17) is 9.52 Å². The second-order valence-electron chi connectivity index (χ2n) is 3.83. The first-order valence-corrected chi connectivity index (χ1v) is 5.00. The fourth-order valence-electron chi connectivity index (χ4n) is 1.67. The van der Waals surface area contributed by atoms with Crippen LogP contribution in [0, 0.1) is 6.92 Å². The molecular weight excluding hydrogens is 230 g/mol. The van der Waals surface area contributed by atoms with Gasteiger partial charge in [-0.25, -0.2) is 4.79 Å². The summed E-state index contributed by atoms with van der Waals surface area (Å²) in [6, 6.07) is 6.90. The van der Waals surface area contributed by atoms with Crippen LogP contribution in [0.25, 0.3) is 11.0 Å². The minimum absolute atomic E-state index is 0.0126.